The van der Waals surface area contributed by atoms with Crippen molar-refractivity contribution in [3.8, 4) is 0 Å². The van der Waals surface area contributed by atoms with Crippen LogP contribution < -0.4 is 9.80 Å². The van der Waals surface area contributed by atoms with Crippen molar-refractivity contribution in [1.29, 1.82) is 0 Å². The van der Waals surface area contributed by atoms with Crippen LogP contribution in [0, 0.1) is 18.6 Å². The number of amides is 1. The van der Waals surface area contributed by atoms with Gasteiger partial charge in [0, 0.05) is 29.9 Å². The number of alkyl halides is 3. The maximum Gasteiger partial charge on any atom is 0.416 e. The molecule has 0 aliphatic carbocycles. The van der Waals surface area contributed by atoms with Crippen molar-refractivity contribution in [3.63, 3.8) is 0 Å². The summed E-state index contributed by atoms with van der Waals surface area (Å²) in [6.45, 7) is 1.41. The molecule has 172 valence electrons. The summed E-state index contributed by atoms with van der Waals surface area (Å²) in [5.74, 6) is -1.99. The second kappa shape index (κ2) is 8.30. The molecular formula is C23H17ClF5N3O. The molecule has 2 aromatic carbocycles. The fourth-order valence-corrected chi connectivity index (χ4v) is 4.09. The van der Waals surface area contributed by atoms with E-state index in [1.54, 1.807) is 0 Å². The van der Waals surface area contributed by atoms with E-state index in [0.29, 0.717) is 11.3 Å². The standard InChI is InChI=1S/C23H17ClF5N3O/c1-12-7-14(23(27,28)29)10-21(30-12)32-18-6-4-16(25)8-13(18)9-20(32)22(33)31(2)19-11-15(24)3-5-17(19)26/h3-8,10-11,20H,9H2,1-2H3. The van der Waals surface area contributed by atoms with Gasteiger partial charge < -0.3 is 9.80 Å². The molecule has 33 heavy (non-hydrogen) atoms. The molecule has 1 aliphatic heterocycles. The van der Waals surface area contributed by atoms with E-state index in [1.165, 1.54) is 43.1 Å². The summed E-state index contributed by atoms with van der Waals surface area (Å²) >= 11 is 5.94. The predicted molar refractivity (Wildman–Crippen MR) is 115 cm³/mol. The smallest absolute Gasteiger partial charge is 0.313 e. The Morgan fingerprint density at radius 1 is 1.12 bits per heavy atom. The number of benzene rings is 2. The van der Waals surface area contributed by atoms with Gasteiger partial charge in [-0.1, -0.05) is 11.6 Å². The van der Waals surface area contributed by atoms with Crippen LogP contribution in [0.4, 0.5) is 39.1 Å². The van der Waals surface area contributed by atoms with E-state index in [1.807, 2.05) is 0 Å². The van der Waals surface area contributed by atoms with Crippen molar-refractivity contribution < 1.29 is 26.7 Å². The molecule has 0 saturated heterocycles. The minimum absolute atomic E-state index is 0.00454. The first-order valence-corrected chi connectivity index (χ1v) is 10.2. The molecule has 2 heterocycles. The normalized spacial score (nSPS) is 15.5. The molecule has 0 saturated carbocycles. The van der Waals surface area contributed by atoms with E-state index in [9.17, 15) is 26.7 Å². The van der Waals surface area contributed by atoms with Crippen molar-refractivity contribution in [3.05, 3.63) is 82.0 Å². The molecule has 4 nitrogen and oxygen atoms in total. The topological polar surface area (TPSA) is 36.4 Å². The number of aromatic nitrogens is 1. The third-order valence-electron chi connectivity index (χ3n) is 5.43. The van der Waals surface area contributed by atoms with Crippen LogP contribution in [0.1, 0.15) is 16.8 Å². The Hall–Kier alpha value is -3.20. The molecule has 1 atom stereocenters. The van der Waals surface area contributed by atoms with Gasteiger partial charge in [-0.2, -0.15) is 13.2 Å². The fourth-order valence-electron chi connectivity index (χ4n) is 3.92. The third kappa shape index (κ3) is 4.37. The van der Waals surface area contributed by atoms with Gasteiger partial charge in [-0.15, -0.1) is 0 Å². The second-order valence-electron chi connectivity index (χ2n) is 7.71. The quantitative estimate of drug-likeness (QED) is 0.426. The summed E-state index contributed by atoms with van der Waals surface area (Å²) in [5, 5.41) is 0.204. The summed E-state index contributed by atoms with van der Waals surface area (Å²) in [7, 11) is 1.34. The SMILES string of the molecule is Cc1cc(C(F)(F)F)cc(N2c3ccc(F)cc3CC2C(=O)N(C)c2cc(Cl)ccc2F)n1. The highest BCUT2D eigenvalue weighted by molar-refractivity contribution is 6.31. The number of hydrogen-bond donors (Lipinski definition) is 0. The number of hydrogen-bond acceptors (Lipinski definition) is 3. The number of likely N-dealkylation sites (N-methyl/N-ethyl adjacent to an activating group) is 1. The lowest BCUT2D eigenvalue weighted by atomic mass is 10.1. The summed E-state index contributed by atoms with van der Waals surface area (Å²) < 4.78 is 68.6. The first kappa shape index (κ1) is 23.0. The van der Waals surface area contributed by atoms with Gasteiger partial charge in [-0.05, 0) is 61.0 Å². The average molecular weight is 482 g/mol. The lowest BCUT2D eigenvalue weighted by Gasteiger charge is -2.30. The van der Waals surface area contributed by atoms with E-state index in [4.69, 9.17) is 11.6 Å². The maximum absolute atomic E-state index is 14.4. The number of anilines is 3. The second-order valence-corrected chi connectivity index (χ2v) is 8.15. The fraction of sp³-hybridized carbons (Fsp3) is 0.217. The number of nitrogens with zero attached hydrogens (tertiary/aromatic N) is 3. The molecule has 1 unspecified atom stereocenters. The van der Waals surface area contributed by atoms with Crippen LogP contribution in [-0.4, -0.2) is 24.0 Å². The van der Waals surface area contributed by atoms with E-state index < -0.39 is 35.3 Å². The summed E-state index contributed by atoms with van der Waals surface area (Å²) in [4.78, 5) is 20.0. The van der Waals surface area contributed by atoms with Crippen molar-refractivity contribution in [2.24, 2.45) is 0 Å². The highest BCUT2D eigenvalue weighted by Crippen LogP contribution is 2.41. The number of fused-ring (bicyclic) bond motifs is 1. The van der Waals surface area contributed by atoms with Crippen LogP contribution in [0.3, 0.4) is 0 Å². The van der Waals surface area contributed by atoms with Gasteiger partial charge in [0.25, 0.3) is 0 Å². The molecule has 10 heteroatoms. The molecule has 0 radical (unpaired) electrons. The van der Waals surface area contributed by atoms with Gasteiger partial charge in [0.2, 0.25) is 5.91 Å². The Morgan fingerprint density at radius 3 is 2.55 bits per heavy atom. The van der Waals surface area contributed by atoms with Gasteiger partial charge in [0.05, 0.1) is 11.3 Å². The third-order valence-corrected chi connectivity index (χ3v) is 5.66. The van der Waals surface area contributed by atoms with Crippen molar-refractivity contribution in [2.45, 2.75) is 25.6 Å². The Labute approximate surface area is 191 Å². The number of carbonyl (C=O) groups is 1. The van der Waals surface area contributed by atoms with Crippen molar-refractivity contribution in [1.82, 2.24) is 4.98 Å². The molecule has 1 amide bonds. The average Bonchev–Trinajstić information content (AvgIpc) is 3.11. The monoisotopic (exact) mass is 481 g/mol. The molecule has 1 aromatic heterocycles. The number of halogens is 6. The number of pyridine rings is 1. The number of carbonyl (C=O) groups excluding carboxylic acids is 1. The Kier molecular flexibility index (Phi) is 5.78. The van der Waals surface area contributed by atoms with E-state index in [2.05, 4.69) is 4.98 Å². The van der Waals surface area contributed by atoms with Crippen LogP contribution in [0.5, 0.6) is 0 Å². The number of rotatable bonds is 3. The summed E-state index contributed by atoms with van der Waals surface area (Å²) in [6.07, 6.45) is -4.64. The molecule has 1 aliphatic rings. The molecule has 0 spiro atoms. The van der Waals surface area contributed by atoms with Gasteiger partial charge in [0.15, 0.2) is 0 Å². The van der Waals surface area contributed by atoms with Gasteiger partial charge in [-0.25, -0.2) is 13.8 Å². The molecule has 3 aromatic rings. The zero-order chi connectivity index (χ0) is 24.1. The lowest BCUT2D eigenvalue weighted by Crippen LogP contribution is -2.45. The predicted octanol–water partition coefficient (Wildman–Crippen LogP) is 6.07. The summed E-state index contributed by atoms with van der Waals surface area (Å²) in [6, 6.07) is 8.12. The molecule has 0 bridgehead atoms. The van der Waals surface area contributed by atoms with Crippen LogP contribution in [0.2, 0.25) is 5.02 Å². The van der Waals surface area contributed by atoms with Gasteiger partial charge >= 0.3 is 6.18 Å². The Bertz CT molecular complexity index is 1250. The van der Waals surface area contributed by atoms with E-state index >= 15 is 0 Å². The largest absolute Gasteiger partial charge is 0.416 e. The molecule has 0 N–H and O–H groups in total. The highest BCUT2D eigenvalue weighted by atomic mass is 35.5. The number of aryl methyl sites for hydroxylation is 1. The van der Waals surface area contributed by atoms with Crippen LogP contribution in [0.25, 0.3) is 0 Å². The maximum atomic E-state index is 14.4. The summed E-state index contributed by atoms with van der Waals surface area (Å²) in [5.41, 5.74) is -0.161. The molecular weight excluding hydrogens is 465 g/mol. The van der Waals surface area contributed by atoms with Crippen LogP contribution in [0.15, 0.2) is 48.5 Å². The first-order chi connectivity index (χ1) is 15.5. The van der Waals surface area contributed by atoms with Crippen molar-refractivity contribution in [2.75, 3.05) is 16.8 Å². The van der Waals surface area contributed by atoms with Crippen LogP contribution >= 0.6 is 11.6 Å². The zero-order valence-corrected chi connectivity index (χ0v) is 18.2. The minimum atomic E-state index is -4.63. The van der Waals surface area contributed by atoms with E-state index in [0.717, 1.165) is 29.2 Å². The molecule has 4 rings (SSSR count). The molecule has 0 fully saturated rings. The van der Waals surface area contributed by atoms with Crippen LogP contribution in [-0.2, 0) is 17.4 Å². The van der Waals surface area contributed by atoms with Crippen molar-refractivity contribution >= 4 is 34.7 Å². The van der Waals surface area contributed by atoms with E-state index in [-0.39, 0.29) is 28.6 Å². The lowest BCUT2D eigenvalue weighted by molar-refractivity contribution is -0.137. The zero-order valence-electron chi connectivity index (χ0n) is 17.4. The highest BCUT2D eigenvalue weighted by Gasteiger charge is 2.40. The van der Waals surface area contributed by atoms with Gasteiger partial charge in [-0.3, -0.25) is 4.79 Å². The minimum Gasteiger partial charge on any atom is -0.313 e. The van der Waals surface area contributed by atoms with Gasteiger partial charge in [0.1, 0.15) is 23.5 Å². The Morgan fingerprint density at radius 2 is 1.85 bits per heavy atom. The first-order valence-electron chi connectivity index (χ1n) is 9.82. The Balaban J connectivity index is 1.82.